The molecule has 0 saturated heterocycles. The van der Waals surface area contributed by atoms with Gasteiger partial charge in [0.15, 0.2) is 0 Å². The Labute approximate surface area is 49.3 Å². The predicted octanol–water partition coefficient (Wildman–Crippen LogP) is 1.15. The molecule has 2 aliphatic rings. The summed E-state index contributed by atoms with van der Waals surface area (Å²) < 4.78 is 0. The van der Waals surface area contributed by atoms with Gasteiger partial charge < -0.3 is 4.90 Å². The van der Waals surface area contributed by atoms with Crippen LogP contribution in [0.5, 0.6) is 0 Å². The lowest BCUT2D eigenvalue weighted by Gasteiger charge is -2.11. The molecule has 2 rings (SSSR count). The SMILES string of the molecule is CN1C=CC2=C(C2)C1. The summed E-state index contributed by atoms with van der Waals surface area (Å²) in [5.41, 5.74) is 3.21. The van der Waals surface area contributed by atoms with Crippen molar-refractivity contribution in [3.05, 3.63) is 23.4 Å². The maximum atomic E-state index is 2.21. The van der Waals surface area contributed by atoms with Gasteiger partial charge >= 0.3 is 0 Å². The first kappa shape index (κ1) is 4.19. The largest absolute Gasteiger partial charge is 0.376 e. The van der Waals surface area contributed by atoms with Crippen LogP contribution in [-0.4, -0.2) is 18.5 Å². The Kier molecular flexibility index (Phi) is 0.608. The summed E-state index contributed by atoms with van der Waals surface area (Å²) in [4.78, 5) is 2.21. The van der Waals surface area contributed by atoms with Crippen molar-refractivity contribution in [1.29, 1.82) is 0 Å². The molecular weight excluding hydrogens is 98.1 g/mol. The van der Waals surface area contributed by atoms with Crippen LogP contribution in [0, 0.1) is 0 Å². The van der Waals surface area contributed by atoms with Gasteiger partial charge in [0.05, 0.1) is 0 Å². The quantitative estimate of drug-likeness (QED) is 0.448. The molecule has 0 aromatic heterocycles. The van der Waals surface area contributed by atoms with Gasteiger partial charge in [-0.2, -0.15) is 0 Å². The highest BCUT2D eigenvalue weighted by Crippen LogP contribution is 2.34. The maximum Gasteiger partial charge on any atom is 0.0389 e. The van der Waals surface area contributed by atoms with Gasteiger partial charge in [-0.15, -0.1) is 0 Å². The lowest BCUT2D eigenvalue weighted by Crippen LogP contribution is -2.11. The minimum Gasteiger partial charge on any atom is -0.376 e. The Hall–Kier alpha value is -0.720. The molecule has 1 nitrogen and oxygen atoms in total. The highest BCUT2D eigenvalue weighted by atomic mass is 15.1. The molecule has 0 bridgehead atoms. The van der Waals surface area contributed by atoms with Crippen molar-refractivity contribution in [2.75, 3.05) is 13.6 Å². The number of allylic oxidation sites excluding steroid dienone is 2. The number of rotatable bonds is 0. The van der Waals surface area contributed by atoms with Crippen LogP contribution in [0.3, 0.4) is 0 Å². The predicted molar refractivity (Wildman–Crippen MR) is 33.4 cm³/mol. The zero-order valence-corrected chi connectivity index (χ0v) is 5.02. The van der Waals surface area contributed by atoms with E-state index < -0.39 is 0 Å². The van der Waals surface area contributed by atoms with Gasteiger partial charge in [0.1, 0.15) is 0 Å². The van der Waals surface area contributed by atoms with Crippen LogP contribution in [0.1, 0.15) is 6.42 Å². The summed E-state index contributed by atoms with van der Waals surface area (Å²) in [6.45, 7) is 1.17. The molecule has 1 aliphatic carbocycles. The normalized spacial score (nSPS) is 23.9. The number of hydrogen-bond donors (Lipinski definition) is 0. The van der Waals surface area contributed by atoms with Crippen molar-refractivity contribution < 1.29 is 0 Å². The van der Waals surface area contributed by atoms with Crippen LogP contribution >= 0.6 is 0 Å². The lowest BCUT2D eigenvalue weighted by atomic mass is 10.4. The Morgan fingerprint density at radius 1 is 1.62 bits per heavy atom. The van der Waals surface area contributed by atoms with Crippen LogP contribution in [0.2, 0.25) is 0 Å². The highest BCUT2D eigenvalue weighted by molar-refractivity contribution is 5.46. The van der Waals surface area contributed by atoms with E-state index in [0.717, 1.165) is 0 Å². The first-order chi connectivity index (χ1) is 3.86. The van der Waals surface area contributed by atoms with Gasteiger partial charge in [-0.05, 0) is 29.8 Å². The van der Waals surface area contributed by atoms with Gasteiger partial charge in [-0.1, -0.05) is 0 Å². The topological polar surface area (TPSA) is 3.24 Å². The zero-order chi connectivity index (χ0) is 5.56. The summed E-state index contributed by atoms with van der Waals surface area (Å²) in [5, 5.41) is 0. The summed E-state index contributed by atoms with van der Waals surface area (Å²) in [6.07, 6.45) is 5.63. The van der Waals surface area contributed by atoms with Crippen LogP contribution in [0.15, 0.2) is 23.4 Å². The molecule has 1 heteroatoms. The second kappa shape index (κ2) is 1.16. The van der Waals surface area contributed by atoms with Crippen molar-refractivity contribution in [2.24, 2.45) is 0 Å². The molecule has 0 fully saturated rings. The second-order valence-electron chi connectivity index (χ2n) is 2.54. The molecule has 0 unspecified atom stereocenters. The molecule has 8 heavy (non-hydrogen) atoms. The maximum absolute atomic E-state index is 2.21. The first-order valence-electron chi connectivity index (χ1n) is 2.95. The standard InChI is InChI=1S/C7H9N/c1-8-3-2-6-4-7(6)5-8/h2-3H,4-5H2,1H3. The van der Waals surface area contributed by atoms with Gasteiger partial charge in [0.2, 0.25) is 0 Å². The fraction of sp³-hybridized carbons (Fsp3) is 0.429. The summed E-state index contributed by atoms with van der Waals surface area (Å²) in [5.74, 6) is 0. The van der Waals surface area contributed by atoms with E-state index in [-0.39, 0.29) is 0 Å². The summed E-state index contributed by atoms with van der Waals surface area (Å²) in [7, 11) is 2.11. The van der Waals surface area contributed by atoms with Gasteiger partial charge in [-0.3, -0.25) is 0 Å². The van der Waals surface area contributed by atoms with E-state index in [1.54, 1.807) is 11.1 Å². The summed E-state index contributed by atoms with van der Waals surface area (Å²) >= 11 is 0. The monoisotopic (exact) mass is 107 g/mol. The third-order valence-corrected chi connectivity index (χ3v) is 1.70. The van der Waals surface area contributed by atoms with E-state index in [4.69, 9.17) is 0 Å². The molecule has 1 heterocycles. The Bertz CT molecular complexity index is 177. The molecular formula is C7H9N. The fourth-order valence-electron chi connectivity index (χ4n) is 1.09. The van der Waals surface area contributed by atoms with E-state index in [1.807, 2.05) is 0 Å². The smallest absolute Gasteiger partial charge is 0.0389 e. The molecule has 0 amide bonds. The van der Waals surface area contributed by atoms with Crippen LogP contribution < -0.4 is 0 Å². The van der Waals surface area contributed by atoms with Crippen molar-refractivity contribution in [1.82, 2.24) is 4.90 Å². The van der Waals surface area contributed by atoms with E-state index in [2.05, 4.69) is 24.2 Å². The lowest BCUT2D eigenvalue weighted by molar-refractivity contribution is 0.499. The Balaban J connectivity index is 2.21. The van der Waals surface area contributed by atoms with Crippen molar-refractivity contribution >= 4 is 0 Å². The molecule has 42 valence electrons. The highest BCUT2D eigenvalue weighted by Gasteiger charge is 2.21. The fourth-order valence-corrected chi connectivity index (χ4v) is 1.09. The number of hydrogen-bond acceptors (Lipinski definition) is 1. The molecule has 1 aliphatic heterocycles. The molecule has 0 atom stereocenters. The third kappa shape index (κ3) is 0.474. The molecule has 0 saturated carbocycles. The van der Waals surface area contributed by atoms with Crippen LogP contribution in [-0.2, 0) is 0 Å². The molecule has 0 spiro atoms. The first-order valence-corrected chi connectivity index (χ1v) is 2.95. The van der Waals surface area contributed by atoms with E-state index in [0.29, 0.717) is 0 Å². The van der Waals surface area contributed by atoms with Crippen molar-refractivity contribution in [3.8, 4) is 0 Å². The van der Waals surface area contributed by atoms with Crippen molar-refractivity contribution in [2.45, 2.75) is 6.42 Å². The second-order valence-corrected chi connectivity index (χ2v) is 2.54. The zero-order valence-electron chi connectivity index (χ0n) is 5.02. The third-order valence-electron chi connectivity index (χ3n) is 1.70. The van der Waals surface area contributed by atoms with Gasteiger partial charge in [0, 0.05) is 13.6 Å². The van der Waals surface area contributed by atoms with E-state index in [1.165, 1.54) is 13.0 Å². The van der Waals surface area contributed by atoms with E-state index >= 15 is 0 Å². The minimum atomic E-state index is 1.17. The van der Waals surface area contributed by atoms with Gasteiger partial charge in [0.25, 0.3) is 0 Å². The summed E-state index contributed by atoms with van der Waals surface area (Å²) in [6, 6.07) is 0. The van der Waals surface area contributed by atoms with Gasteiger partial charge in [-0.25, -0.2) is 0 Å². The minimum absolute atomic E-state index is 1.17. The van der Waals surface area contributed by atoms with E-state index in [9.17, 15) is 0 Å². The Morgan fingerprint density at radius 3 is 3.12 bits per heavy atom. The number of nitrogens with zero attached hydrogens (tertiary/aromatic N) is 1. The molecule has 0 aromatic rings. The Morgan fingerprint density at radius 2 is 2.50 bits per heavy atom. The molecule has 0 aromatic carbocycles. The van der Waals surface area contributed by atoms with Crippen LogP contribution in [0.25, 0.3) is 0 Å². The van der Waals surface area contributed by atoms with Crippen molar-refractivity contribution in [3.63, 3.8) is 0 Å². The average molecular weight is 107 g/mol. The van der Waals surface area contributed by atoms with Crippen LogP contribution in [0.4, 0.5) is 0 Å². The number of likely N-dealkylation sites (N-methyl/N-ethyl adjacent to an activating group) is 1. The molecule has 0 N–H and O–H groups in total. The average Bonchev–Trinajstić information content (AvgIpc) is 2.43. The molecule has 0 radical (unpaired) electrons.